The first-order valence-electron chi connectivity index (χ1n) is 1.85. The lowest BCUT2D eigenvalue weighted by atomic mass is 10.5. The van der Waals surface area contributed by atoms with Gasteiger partial charge in [-0.05, 0) is 12.2 Å². The van der Waals surface area contributed by atoms with E-state index < -0.39 is 0 Å². The van der Waals surface area contributed by atoms with Crippen LogP contribution in [-0.2, 0) is 0 Å². The molecule has 1 atom stereocenters. The molecular formula is C4H6N2. The van der Waals surface area contributed by atoms with Crippen molar-refractivity contribution < 1.29 is 0 Å². The van der Waals surface area contributed by atoms with Crippen molar-refractivity contribution in [3.63, 3.8) is 0 Å². The second kappa shape index (κ2) is 1.22. The number of nitrogens with two attached hydrogens (primary N) is 1. The maximum atomic E-state index is 5.25. The van der Waals surface area contributed by atoms with E-state index in [0.29, 0.717) is 0 Å². The number of allylic oxidation sites excluding steroid dienone is 1. The highest BCUT2D eigenvalue weighted by Gasteiger charge is 1.90. The van der Waals surface area contributed by atoms with E-state index in [9.17, 15) is 0 Å². The minimum Gasteiger partial charge on any atom is -0.306 e. The van der Waals surface area contributed by atoms with Crippen LogP contribution in [-0.4, -0.2) is 12.4 Å². The second-order valence-corrected chi connectivity index (χ2v) is 1.17. The summed E-state index contributed by atoms with van der Waals surface area (Å²) in [5.41, 5.74) is 5.25. The van der Waals surface area contributed by atoms with Gasteiger partial charge in [0, 0.05) is 6.21 Å². The average Bonchev–Trinajstić information content (AvgIpc) is 1.86. The molecule has 1 unspecified atom stereocenters. The van der Waals surface area contributed by atoms with Crippen molar-refractivity contribution in [2.24, 2.45) is 10.7 Å². The Morgan fingerprint density at radius 1 is 1.67 bits per heavy atom. The van der Waals surface area contributed by atoms with Gasteiger partial charge in [-0.25, -0.2) is 0 Å². The monoisotopic (exact) mass is 82.1 g/mol. The fourth-order valence-corrected chi connectivity index (χ4v) is 0.362. The minimum absolute atomic E-state index is 0.0648. The van der Waals surface area contributed by atoms with E-state index in [0.717, 1.165) is 0 Å². The molecule has 32 valence electrons. The lowest BCUT2D eigenvalue weighted by Gasteiger charge is -1.85. The lowest BCUT2D eigenvalue weighted by molar-refractivity contribution is 0.898. The van der Waals surface area contributed by atoms with E-state index in [4.69, 9.17) is 5.73 Å². The SMILES string of the molecule is NC1C=CC=N1. The smallest absolute Gasteiger partial charge is 0.116 e. The maximum Gasteiger partial charge on any atom is 0.116 e. The molecule has 2 N–H and O–H groups in total. The van der Waals surface area contributed by atoms with Crippen molar-refractivity contribution in [3.8, 4) is 0 Å². The molecule has 0 bridgehead atoms. The Morgan fingerprint density at radius 2 is 2.50 bits per heavy atom. The van der Waals surface area contributed by atoms with E-state index in [-0.39, 0.29) is 6.17 Å². The van der Waals surface area contributed by atoms with Crippen molar-refractivity contribution in [2.45, 2.75) is 6.17 Å². The average molecular weight is 82.1 g/mol. The van der Waals surface area contributed by atoms with Gasteiger partial charge < -0.3 is 5.73 Å². The van der Waals surface area contributed by atoms with Crippen LogP contribution >= 0.6 is 0 Å². The summed E-state index contributed by atoms with van der Waals surface area (Å²) in [6.45, 7) is 0. The summed E-state index contributed by atoms with van der Waals surface area (Å²) in [7, 11) is 0. The van der Waals surface area contributed by atoms with Crippen LogP contribution in [0.5, 0.6) is 0 Å². The van der Waals surface area contributed by atoms with E-state index in [2.05, 4.69) is 4.99 Å². The van der Waals surface area contributed by atoms with Crippen molar-refractivity contribution in [1.29, 1.82) is 0 Å². The van der Waals surface area contributed by atoms with Crippen LogP contribution in [0.2, 0.25) is 0 Å². The van der Waals surface area contributed by atoms with Gasteiger partial charge in [-0.2, -0.15) is 0 Å². The molecule has 0 radical (unpaired) electrons. The molecule has 0 aliphatic carbocycles. The van der Waals surface area contributed by atoms with Gasteiger partial charge in [0.05, 0.1) is 0 Å². The van der Waals surface area contributed by atoms with Gasteiger partial charge in [-0.15, -0.1) is 0 Å². The molecule has 0 amide bonds. The van der Waals surface area contributed by atoms with Crippen molar-refractivity contribution in [3.05, 3.63) is 12.2 Å². The Kier molecular flexibility index (Phi) is 0.725. The number of nitrogens with zero attached hydrogens (tertiary/aromatic N) is 1. The van der Waals surface area contributed by atoms with Crippen LogP contribution in [0, 0.1) is 0 Å². The van der Waals surface area contributed by atoms with Crippen molar-refractivity contribution in [2.75, 3.05) is 0 Å². The topological polar surface area (TPSA) is 38.4 Å². The highest BCUT2D eigenvalue weighted by molar-refractivity contribution is 5.73. The molecular weight excluding hydrogens is 76.1 g/mol. The Labute approximate surface area is 36.4 Å². The van der Waals surface area contributed by atoms with Gasteiger partial charge in [0.2, 0.25) is 0 Å². The van der Waals surface area contributed by atoms with Gasteiger partial charge in [-0.3, -0.25) is 4.99 Å². The standard InChI is InChI=1S/C4H6N2/c5-4-2-1-3-6-4/h1-4H,5H2. The zero-order valence-electron chi connectivity index (χ0n) is 3.33. The Bertz CT molecular complexity index is 81.7. The summed E-state index contributed by atoms with van der Waals surface area (Å²) in [6, 6.07) is 0. The van der Waals surface area contributed by atoms with Crippen LogP contribution in [0.15, 0.2) is 17.1 Å². The van der Waals surface area contributed by atoms with Gasteiger partial charge >= 0.3 is 0 Å². The van der Waals surface area contributed by atoms with Gasteiger partial charge in [0.25, 0.3) is 0 Å². The zero-order chi connectivity index (χ0) is 4.41. The Morgan fingerprint density at radius 3 is 2.67 bits per heavy atom. The Balaban J connectivity index is 2.60. The molecule has 0 aromatic heterocycles. The van der Waals surface area contributed by atoms with E-state index in [1.807, 2.05) is 12.2 Å². The largest absolute Gasteiger partial charge is 0.306 e. The molecule has 2 heteroatoms. The highest BCUT2D eigenvalue weighted by atomic mass is 14.9. The summed E-state index contributed by atoms with van der Waals surface area (Å²) in [4.78, 5) is 3.78. The molecule has 1 aliphatic rings. The van der Waals surface area contributed by atoms with Crippen molar-refractivity contribution in [1.82, 2.24) is 0 Å². The first kappa shape index (κ1) is 3.56. The van der Waals surface area contributed by atoms with Gasteiger partial charge in [-0.1, -0.05) is 0 Å². The third kappa shape index (κ3) is 0.466. The third-order valence-corrected chi connectivity index (χ3v) is 0.653. The number of hydrogen-bond acceptors (Lipinski definition) is 2. The second-order valence-electron chi connectivity index (χ2n) is 1.17. The summed E-state index contributed by atoms with van der Waals surface area (Å²) in [5.74, 6) is 0. The van der Waals surface area contributed by atoms with Crippen LogP contribution in [0.4, 0.5) is 0 Å². The van der Waals surface area contributed by atoms with Crippen molar-refractivity contribution >= 4 is 6.21 Å². The molecule has 0 saturated heterocycles. The van der Waals surface area contributed by atoms with Crippen LogP contribution in [0.1, 0.15) is 0 Å². The molecule has 0 saturated carbocycles. The molecule has 0 spiro atoms. The Hall–Kier alpha value is -0.630. The summed E-state index contributed by atoms with van der Waals surface area (Å²) >= 11 is 0. The first-order valence-corrected chi connectivity index (χ1v) is 1.85. The molecule has 1 heterocycles. The fraction of sp³-hybridized carbons (Fsp3) is 0.250. The molecule has 0 aromatic carbocycles. The molecule has 6 heavy (non-hydrogen) atoms. The molecule has 1 rings (SSSR count). The molecule has 0 fully saturated rings. The lowest BCUT2D eigenvalue weighted by Crippen LogP contribution is -2.09. The highest BCUT2D eigenvalue weighted by Crippen LogP contribution is 1.87. The number of aliphatic imine (C=N–C) groups is 1. The van der Waals surface area contributed by atoms with Gasteiger partial charge in [0.1, 0.15) is 6.17 Å². The van der Waals surface area contributed by atoms with Gasteiger partial charge in [0.15, 0.2) is 0 Å². The first-order chi connectivity index (χ1) is 2.89. The van der Waals surface area contributed by atoms with E-state index in [1.165, 1.54) is 0 Å². The predicted molar refractivity (Wildman–Crippen MR) is 25.6 cm³/mol. The normalized spacial score (nSPS) is 29.2. The molecule has 2 nitrogen and oxygen atoms in total. The fourth-order valence-electron chi connectivity index (χ4n) is 0.362. The zero-order valence-corrected chi connectivity index (χ0v) is 3.33. The van der Waals surface area contributed by atoms with E-state index in [1.54, 1.807) is 6.21 Å². The van der Waals surface area contributed by atoms with E-state index >= 15 is 0 Å². The summed E-state index contributed by atoms with van der Waals surface area (Å²) < 4.78 is 0. The number of hydrogen-bond donors (Lipinski definition) is 1. The van der Waals surface area contributed by atoms with Crippen LogP contribution in [0.3, 0.4) is 0 Å². The molecule has 0 aromatic rings. The number of rotatable bonds is 0. The maximum absolute atomic E-state index is 5.25. The van der Waals surface area contributed by atoms with Crippen LogP contribution in [0.25, 0.3) is 0 Å². The summed E-state index contributed by atoms with van der Waals surface area (Å²) in [5, 5.41) is 0. The van der Waals surface area contributed by atoms with Crippen LogP contribution < -0.4 is 5.73 Å². The summed E-state index contributed by atoms with van der Waals surface area (Å²) in [6.07, 6.45) is 5.31. The molecule has 1 aliphatic heterocycles. The third-order valence-electron chi connectivity index (χ3n) is 0.653. The quantitative estimate of drug-likeness (QED) is 0.436. The predicted octanol–water partition coefficient (Wildman–Crippen LogP) is -0.0882. The minimum atomic E-state index is -0.0648.